The van der Waals surface area contributed by atoms with Crippen molar-refractivity contribution in [3.63, 3.8) is 0 Å². The summed E-state index contributed by atoms with van der Waals surface area (Å²) in [6.45, 7) is 0.525. The maximum absolute atomic E-state index is 13.2. The third-order valence-electron chi connectivity index (χ3n) is 7.15. The molecule has 2 aliphatic heterocycles. The first-order valence-corrected chi connectivity index (χ1v) is 9.17. The number of hydrogen-bond acceptors (Lipinski definition) is 6. The van der Waals surface area contributed by atoms with Crippen molar-refractivity contribution in [3.8, 4) is 11.5 Å². The van der Waals surface area contributed by atoms with Crippen molar-refractivity contribution in [2.45, 2.75) is 24.8 Å². The molecule has 3 fully saturated rings. The molecule has 0 unspecified atom stereocenters. The number of benzene rings is 1. The predicted octanol–water partition coefficient (Wildman–Crippen LogP) is 1.07. The predicted molar refractivity (Wildman–Crippen MR) is 92.3 cm³/mol. The molecule has 142 valence electrons. The number of amides is 1. The molecule has 0 aromatic heterocycles. The Hall–Kier alpha value is -2.57. The number of Topliss-reactive ketones (excluding diaryl/α,β-unsaturated/α-hetero) is 1. The molecule has 1 amide bonds. The lowest BCUT2D eigenvalue weighted by Gasteiger charge is -2.51. The summed E-state index contributed by atoms with van der Waals surface area (Å²) in [6, 6.07) is 3.81. The fraction of sp³-hybridized carbons (Fsp3) is 0.550. The van der Waals surface area contributed by atoms with Crippen LogP contribution in [0.1, 0.15) is 24.0 Å². The van der Waals surface area contributed by atoms with Crippen LogP contribution in [0.25, 0.3) is 0 Å². The highest BCUT2D eigenvalue weighted by Gasteiger charge is 2.91. The van der Waals surface area contributed by atoms with E-state index in [1.54, 1.807) is 14.2 Å². The highest BCUT2D eigenvalue weighted by atomic mass is 16.5. The Bertz CT molecular complexity index is 910. The Morgan fingerprint density at radius 2 is 1.78 bits per heavy atom. The monoisotopic (exact) mass is 371 g/mol. The molecule has 4 aliphatic rings. The van der Waals surface area contributed by atoms with Crippen molar-refractivity contribution in [1.82, 2.24) is 4.90 Å². The molecule has 2 heterocycles. The molecule has 0 bridgehead atoms. The molecule has 27 heavy (non-hydrogen) atoms. The molecule has 1 spiro atoms. The lowest BCUT2D eigenvalue weighted by atomic mass is 9.64. The van der Waals surface area contributed by atoms with E-state index in [-0.39, 0.29) is 11.7 Å². The number of ether oxygens (including phenoxy) is 3. The molecule has 0 N–H and O–H groups in total. The number of rotatable bonds is 3. The number of carbonyl (C=O) groups is 3. The maximum Gasteiger partial charge on any atom is 0.316 e. The van der Waals surface area contributed by atoms with Gasteiger partial charge in [-0.25, -0.2) is 0 Å². The molecular formula is C20H21NO6. The van der Waals surface area contributed by atoms with E-state index in [1.807, 2.05) is 17.0 Å². The maximum atomic E-state index is 13.2. The van der Waals surface area contributed by atoms with Gasteiger partial charge in [0.15, 0.2) is 11.5 Å². The zero-order chi connectivity index (χ0) is 19.1. The summed E-state index contributed by atoms with van der Waals surface area (Å²) in [5.74, 6) is -0.550. The molecule has 5 rings (SSSR count). The summed E-state index contributed by atoms with van der Waals surface area (Å²) in [7, 11) is 4.47. The Kier molecular flexibility index (Phi) is 3.09. The average Bonchev–Trinajstić information content (AvgIpc) is 3.35. The van der Waals surface area contributed by atoms with Crippen LogP contribution in [0.4, 0.5) is 0 Å². The van der Waals surface area contributed by atoms with Gasteiger partial charge < -0.3 is 19.1 Å². The van der Waals surface area contributed by atoms with Crippen LogP contribution >= 0.6 is 0 Å². The van der Waals surface area contributed by atoms with Crippen molar-refractivity contribution < 1.29 is 28.6 Å². The first-order valence-electron chi connectivity index (χ1n) is 9.17. The van der Waals surface area contributed by atoms with Gasteiger partial charge in [-0.15, -0.1) is 0 Å². The number of ketones is 1. The zero-order valence-electron chi connectivity index (χ0n) is 15.5. The van der Waals surface area contributed by atoms with Gasteiger partial charge in [0, 0.05) is 13.0 Å². The minimum Gasteiger partial charge on any atom is -0.493 e. The van der Waals surface area contributed by atoms with Crippen LogP contribution < -0.4 is 9.47 Å². The average molecular weight is 371 g/mol. The first-order chi connectivity index (χ1) is 13.0. The first kappa shape index (κ1) is 16.6. The van der Waals surface area contributed by atoms with Gasteiger partial charge in [-0.3, -0.25) is 14.4 Å². The Morgan fingerprint density at radius 1 is 1.07 bits per heavy atom. The molecule has 1 aromatic rings. The summed E-state index contributed by atoms with van der Waals surface area (Å²) in [5, 5.41) is 0. The smallest absolute Gasteiger partial charge is 0.316 e. The number of esters is 1. The van der Waals surface area contributed by atoms with Crippen LogP contribution in [0.5, 0.6) is 11.5 Å². The highest BCUT2D eigenvalue weighted by molar-refractivity contribution is 6.10. The Balaban J connectivity index is 1.81. The summed E-state index contributed by atoms with van der Waals surface area (Å²) in [5.41, 5.74) is -0.0282. The van der Waals surface area contributed by atoms with Crippen molar-refractivity contribution >= 4 is 17.7 Å². The lowest BCUT2D eigenvalue weighted by molar-refractivity contribution is -0.161. The molecule has 7 nitrogen and oxygen atoms in total. The van der Waals surface area contributed by atoms with Gasteiger partial charge in [0.05, 0.1) is 38.7 Å². The number of carbonyl (C=O) groups excluding carboxylic acids is 3. The van der Waals surface area contributed by atoms with Gasteiger partial charge in [-0.2, -0.15) is 0 Å². The van der Waals surface area contributed by atoms with E-state index < -0.39 is 28.8 Å². The highest BCUT2D eigenvalue weighted by Crippen LogP contribution is 2.79. The third-order valence-corrected chi connectivity index (χ3v) is 7.15. The molecule has 4 atom stereocenters. The van der Waals surface area contributed by atoms with Gasteiger partial charge in [0.25, 0.3) is 0 Å². The zero-order valence-corrected chi connectivity index (χ0v) is 15.5. The summed E-state index contributed by atoms with van der Waals surface area (Å²) in [6.07, 6.45) is 1.46. The lowest BCUT2D eigenvalue weighted by Crippen LogP contribution is -2.59. The second kappa shape index (κ2) is 5.03. The minimum absolute atomic E-state index is 0.00312. The largest absolute Gasteiger partial charge is 0.493 e. The number of fused-ring (bicyclic) bond motifs is 2. The fourth-order valence-corrected chi connectivity index (χ4v) is 6.20. The van der Waals surface area contributed by atoms with E-state index in [9.17, 15) is 14.4 Å². The van der Waals surface area contributed by atoms with Gasteiger partial charge in [-0.05, 0) is 36.1 Å². The summed E-state index contributed by atoms with van der Waals surface area (Å²) >= 11 is 0. The molecule has 2 saturated carbocycles. The van der Waals surface area contributed by atoms with E-state index in [0.29, 0.717) is 37.3 Å². The van der Waals surface area contributed by atoms with E-state index in [4.69, 9.17) is 14.2 Å². The van der Waals surface area contributed by atoms with Gasteiger partial charge in [0.2, 0.25) is 5.91 Å². The summed E-state index contributed by atoms with van der Waals surface area (Å²) < 4.78 is 16.1. The molecule has 1 saturated heterocycles. The van der Waals surface area contributed by atoms with Crippen LogP contribution in [0.2, 0.25) is 0 Å². The number of piperidine rings is 1. The Labute approximate surface area is 156 Å². The number of methoxy groups -OCH3 is 3. The minimum atomic E-state index is -1.11. The normalized spacial score (nSPS) is 35.1. The molecule has 7 heteroatoms. The van der Waals surface area contributed by atoms with Gasteiger partial charge >= 0.3 is 5.97 Å². The number of nitrogens with zero attached hydrogens (tertiary/aromatic N) is 1. The fourth-order valence-electron chi connectivity index (χ4n) is 6.20. The number of hydrogen-bond donors (Lipinski definition) is 0. The van der Waals surface area contributed by atoms with Crippen LogP contribution in [0, 0.1) is 17.3 Å². The van der Waals surface area contributed by atoms with E-state index in [0.717, 1.165) is 11.1 Å². The van der Waals surface area contributed by atoms with Crippen molar-refractivity contribution in [3.05, 3.63) is 23.3 Å². The summed E-state index contributed by atoms with van der Waals surface area (Å²) in [4.78, 5) is 40.6. The van der Waals surface area contributed by atoms with E-state index in [2.05, 4.69) is 0 Å². The molecule has 1 aromatic carbocycles. The molecule has 0 radical (unpaired) electrons. The van der Waals surface area contributed by atoms with Gasteiger partial charge in [-0.1, -0.05) is 0 Å². The quantitative estimate of drug-likeness (QED) is 0.739. The Morgan fingerprint density at radius 3 is 2.44 bits per heavy atom. The topological polar surface area (TPSA) is 82.1 Å². The van der Waals surface area contributed by atoms with E-state index >= 15 is 0 Å². The van der Waals surface area contributed by atoms with Crippen molar-refractivity contribution in [2.75, 3.05) is 27.9 Å². The standard InChI is InChI=1S/C20H21NO6/c1-25-13-8-10-5-7-21-17(23)16-15-12(22)4-6-19(21,11(10)9-14(13)26-2)20(15,16)18(24)27-3/h8-9,15-16H,4-7H2,1-3H3/t15-,16-,19+,20-/m0/s1. The van der Waals surface area contributed by atoms with Crippen molar-refractivity contribution in [2.24, 2.45) is 17.3 Å². The second-order valence-electron chi connectivity index (χ2n) is 7.75. The van der Waals surface area contributed by atoms with E-state index in [1.165, 1.54) is 7.11 Å². The second-order valence-corrected chi connectivity index (χ2v) is 7.75. The van der Waals surface area contributed by atoms with Crippen LogP contribution in [-0.4, -0.2) is 50.4 Å². The molecular weight excluding hydrogens is 350 g/mol. The van der Waals surface area contributed by atoms with Crippen LogP contribution in [0.15, 0.2) is 12.1 Å². The van der Waals surface area contributed by atoms with Gasteiger partial charge in [0.1, 0.15) is 11.2 Å². The third kappa shape index (κ3) is 1.55. The molecule has 2 aliphatic carbocycles. The van der Waals surface area contributed by atoms with Crippen LogP contribution in [-0.2, 0) is 31.1 Å². The van der Waals surface area contributed by atoms with Crippen molar-refractivity contribution in [1.29, 1.82) is 0 Å². The van der Waals surface area contributed by atoms with Crippen LogP contribution in [0.3, 0.4) is 0 Å². The SMILES string of the molecule is COC(=O)[C@]12[C@@H]3C(=O)N4CCc5cc(OC)c(OC)cc5[C@@]41CCC(=O)[C@@H]32.